The molecule has 2 amide bonds. The summed E-state index contributed by atoms with van der Waals surface area (Å²) in [5.74, 6) is 0.210. The van der Waals surface area contributed by atoms with E-state index >= 15 is 0 Å². The smallest absolute Gasteiger partial charge is 0.233 e. The number of β-amino-alcohol motifs (C(OH)–C–C–N with tert-alkyl or cyclic N) is 1. The molecule has 1 saturated heterocycles. The van der Waals surface area contributed by atoms with Crippen molar-refractivity contribution in [3.8, 4) is 0 Å². The molecule has 1 aliphatic heterocycles. The fourth-order valence-corrected chi connectivity index (χ4v) is 2.82. The maximum atomic E-state index is 11.6. The second-order valence-electron chi connectivity index (χ2n) is 4.64. The molecular weight excluding hydrogens is 214 g/mol. The Bertz CT molecular complexity index is 296. The lowest BCUT2D eigenvalue weighted by molar-refractivity contribution is -0.144. The third-order valence-corrected chi connectivity index (χ3v) is 3.82. The highest BCUT2D eigenvalue weighted by molar-refractivity contribution is 7.98. The molecule has 0 radical (unpaired) electrons. The van der Waals surface area contributed by atoms with Crippen LogP contribution in [0, 0.1) is 11.8 Å². The van der Waals surface area contributed by atoms with Gasteiger partial charge < -0.3 is 5.11 Å². The quantitative estimate of drug-likeness (QED) is 0.695. The standard InChI is InChI=1S/C10H15NO3S/c1-10(14,5-15-2)4-11-8(12)6-3-7(6)9(11)13/h6-7,14H,3-5H2,1-2H3. The van der Waals surface area contributed by atoms with Crippen molar-refractivity contribution in [3.63, 3.8) is 0 Å². The summed E-state index contributed by atoms with van der Waals surface area (Å²) < 4.78 is 0. The van der Waals surface area contributed by atoms with E-state index in [0.717, 1.165) is 6.42 Å². The van der Waals surface area contributed by atoms with Crippen molar-refractivity contribution in [3.05, 3.63) is 0 Å². The van der Waals surface area contributed by atoms with Crippen LogP contribution in [0.2, 0.25) is 0 Å². The van der Waals surface area contributed by atoms with E-state index < -0.39 is 5.60 Å². The van der Waals surface area contributed by atoms with Crippen LogP contribution in [0.3, 0.4) is 0 Å². The fourth-order valence-electron chi connectivity index (χ4n) is 2.10. The molecule has 2 rings (SSSR count). The van der Waals surface area contributed by atoms with E-state index in [-0.39, 0.29) is 30.2 Å². The van der Waals surface area contributed by atoms with E-state index in [4.69, 9.17) is 0 Å². The van der Waals surface area contributed by atoms with Gasteiger partial charge in [0, 0.05) is 5.75 Å². The van der Waals surface area contributed by atoms with Crippen molar-refractivity contribution < 1.29 is 14.7 Å². The summed E-state index contributed by atoms with van der Waals surface area (Å²) in [7, 11) is 0. The summed E-state index contributed by atoms with van der Waals surface area (Å²) in [6.07, 6.45) is 2.61. The van der Waals surface area contributed by atoms with Crippen LogP contribution in [-0.4, -0.2) is 46.0 Å². The van der Waals surface area contributed by atoms with Crippen molar-refractivity contribution >= 4 is 23.6 Å². The number of carbonyl (C=O) groups is 2. The van der Waals surface area contributed by atoms with Gasteiger partial charge in [0.05, 0.1) is 24.0 Å². The van der Waals surface area contributed by atoms with E-state index in [0.29, 0.717) is 5.75 Å². The number of hydrogen-bond donors (Lipinski definition) is 1. The van der Waals surface area contributed by atoms with Crippen LogP contribution in [0.5, 0.6) is 0 Å². The Labute approximate surface area is 93.0 Å². The molecule has 1 saturated carbocycles. The SMILES string of the molecule is CSCC(C)(O)CN1C(=O)C2CC2C1=O. The van der Waals surface area contributed by atoms with Crippen molar-refractivity contribution in [2.45, 2.75) is 18.9 Å². The minimum absolute atomic E-state index is 0.0671. The zero-order valence-corrected chi connectivity index (χ0v) is 9.71. The van der Waals surface area contributed by atoms with Crippen LogP contribution < -0.4 is 0 Å². The number of thioether (sulfide) groups is 1. The van der Waals surface area contributed by atoms with Gasteiger partial charge in [-0.05, 0) is 19.6 Å². The number of fused-ring (bicyclic) bond motifs is 1. The van der Waals surface area contributed by atoms with Crippen LogP contribution in [0.15, 0.2) is 0 Å². The van der Waals surface area contributed by atoms with E-state index in [9.17, 15) is 14.7 Å². The number of amides is 2. The molecule has 0 aromatic carbocycles. The predicted molar refractivity (Wildman–Crippen MR) is 57.3 cm³/mol. The van der Waals surface area contributed by atoms with Gasteiger partial charge in [-0.15, -0.1) is 0 Å². The normalized spacial score (nSPS) is 32.9. The molecule has 1 N–H and O–H groups in total. The highest BCUT2D eigenvalue weighted by atomic mass is 32.2. The minimum Gasteiger partial charge on any atom is -0.387 e. The largest absolute Gasteiger partial charge is 0.387 e. The maximum absolute atomic E-state index is 11.6. The Hall–Kier alpha value is -0.550. The summed E-state index contributed by atoms with van der Waals surface area (Å²) in [5, 5.41) is 9.94. The monoisotopic (exact) mass is 229 g/mol. The van der Waals surface area contributed by atoms with Crippen LogP contribution >= 0.6 is 11.8 Å². The maximum Gasteiger partial charge on any atom is 0.233 e. The Morgan fingerprint density at radius 1 is 1.47 bits per heavy atom. The molecule has 0 spiro atoms. The van der Waals surface area contributed by atoms with Gasteiger partial charge in [0.2, 0.25) is 11.8 Å². The third-order valence-electron chi connectivity index (χ3n) is 2.91. The summed E-state index contributed by atoms with van der Waals surface area (Å²) in [6, 6.07) is 0. The number of rotatable bonds is 4. The molecule has 2 fully saturated rings. The third kappa shape index (κ3) is 1.90. The summed E-state index contributed by atoms with van der Waals surface area (Å²) in [6.45, 7) is 1.80. The highest BCUT2D eigenvalue weighted by Gasteiger charge is 2.59. The molecule has 5 heteroatoms. The molecule has 0 aromatic heterocycles. The zero-order chi connectivity index (χ0) is 11.2. The average molecular weight is 229 g/mol. The van der Waals surface area contributed by atoms with Crippen molar-refractivity contribution in [1.82, 2.24) is 4.90 Å². The van der Waals surface area contributed by atoms with Gasteiger partial charge in [-0.3, -0.25) is 14.5 Å². The van der Waals surface area contributed by atoms with Crippen molar-refractivity contribution in [2.75, 3.05) is 18.6 Å². The molecule has 4 nitrogen and oxygen atoms in total. The van der Waals surface area contributed by atoms with Gasteiger partial charge >= 0.3 is 0 Å². The van der Waals surface area contributed by atoms with Gasteiger partial charge in [-0.1, -0.05) is 0 Å². The Kier molecular flexibility index (Phi) is 2.55. The number of nitrogens with zero attached hydrogens (tertiary/aromatic N) is 1. The Morgan fingerprint density at radius 3 is 2.47 bits per heavy atom. The zero-order valence-electron chi connectivity index (χ0n) is 8.90. The number of carbonyl (C=O) groups excluding carboxylic acids is 2. The topological polar surface area (TPSA) is 57.6 Å². The first-order chi connectivity index (χ1) is 6.96. The summed E-state index contributed by atoms with van der Waals surface area (Å²) >= 11 is 1.51. The lowest BCUT2D eigenvalue weighted by Gasteiger charge is -2.28. The van der Waals surface area contributed by atoms with Crippen LogP contribution in [0.4, 0.5) is 0 Å². The Morgan fingerprint density at radius 2 is 2.00 bits per heavy atom. The fraction of sp³-hybridized carbons (Fsp3) is 0.800. The van der Waals surface area contributed by atoms with Gasteiger partial charge in [0.25, 0.3) is 0 Å². The van der Waals surface area contributed by atoms with Crippen LogP contribution in [0.25, 0.3) is 0 Å². The molecule has 15 heavy (non-hydrogen) atoms. The number of hydrogen-bond acceptors (Lipinski definition) is 4. The molecule has 1 heterocycles. The predicted octanol–water partition coefficient (Wildman–Crippen LogP) is 0.105. The molecule has 1 aliphatic carbocycles. The molecule has 2 aliphatic rings. The van der Waals surface area contributed by atoms with Gasteiger partial charge in [-0.25, -0.2) is 0 Å². The number of aliphatic hydroxyl groups is 1. The van der Waals surface area contributed by atoms with Crippen LogP contribution in [-0.2, 0) is 9.59 Å². The average Bonchev–Trinajstić information content (AvgIpc) is 2.86. The lowest BCUT2D eigenvalue weighted by Crippen LogP contribution is -2.46. The van der Waals surface area contributed by atoms with Gasteiger partial charge in [-0.2, -0.15) is 11.8 Å². The van der Waals surface area contributed by atoms with Crippen LogP contribution in [0.1, 0.15) is 13.3 Å². The molecule has 3 atom stereocenters. The van der Waals surface area contributed by atoms with E-state index in [1.807, 2.05) is 6.26 Å². The second-order valence-corrected chi connectivity index (χ2v) is 5.51. The van der Waals surface area contributed by atoms with Gasteiger partial charge in [0.1, 0.15) is 0 Å². The van der Waals surface area contributed by atoms with Gasteiger partial charge in [0.15, 0.2) is 0 Å². The first-order valence-electron chi connectivity index (χ1n) is 5.03. The molecule has 0 bridgehead atoms. The highest BCUT2D eigenvalue weighted by Crippen LogP contribution is 2.47. The first kappa shape index (κ1) is 11.0. The second kappa shape index (κ2) is 3.49. The van der Waals surface area contributed by atoms with Crippen molar-refractivity contribution in [2.24, 2.45) is 11.8 Å². The molecule has 84 valence electrons. The first-order valence-corrected chi connectivity index (χ1v) is 6.42. The van der Waals surface area contributed by atoms with E-state index in [1.54, 1.807) is 6.92 Å². The molecule has 3 unspecified atom stereocenters. The summed E-state index contributed by atoms with van der Waals surface area (Å²) in [4.78, 5) is 24.5. The molecular formula is C10H15NO3S. The van der Waals surface area contributed by atoms with E-state index in [2.05, 4.69) is 0 Å². The number of piperidine rings is 1. The minimum atomic E-state index is -0.971. The van der Waals surface area contributed by atoms with E-state index in [1.165, 1.54) is 16.7 Å². The number of likely N-dealkylation sites (tertiary alicyclic amines) is 1. The Balaban J connectivity index is 2.00. The summed E-state index contributed by atoms with van der Waals surface area (Å²) in [5.41, 5.74) is -0.971. The van der Waals surface area contributed by atoms with Crippen molar-refractivity contribution in [1.29, 1.82) is 0 Å². The number of imide groups is 1. The molecule has 0 aromatic rings. The lowest BCUT2D eigenvalue weighted by atomic mass is 10.1.